The Morgan fingerprint density at radius 3 is 2.50 bits per heavy atom. The molecule has 20 heavy (non-hydrogen) atoms. The van der Waals surface area contributed by atoms with Crippen LogP contribution in [0.4, 0.5) is 10.5 Å². The Kier molecular flexibility index (Phi) is 6.06. The topological polar surface area (TPSA) is 58.6 Å². The lowest BCUT2D eigenvalue weighted by atomic mass is 10.3. The lowest BCUT2D eigenvalue weighted by Crippen LogP contribution is -2.39. The van der Waals surface area contributed by atoms with E-state index in [9.17, 15) is 9.59 Å². The van der Waals surface area contributed by atoms with Gasteiger partial charge in [0.25, 0.3) is 0 Å². The Morgan fingerprint density at radius 2 is 1.95 bits per heavy atom. The van der Waals surface area contributed by atoms with Crippen molar-refractivity contribution in [2.75, 3.05) is 25.1 Å². The zero-order chi connectivity index (χ0) is 15.1. The van der Waals surface area contributed by atoms with Crippen LogP contribution in [-0.2, 0) is 9.53 Å². The Bertz CT molecular complexity index is 500. The van der Waals surface area contributed by atoms with Crippen molar-refractivity contribution in [3.63, 3.8) is 0 Å². The van der Waals surface area contributed by atoms with Crippen LogP contribution in [-0.4, -0.2) is 32.2 Å². The van der Waals surface area contributed by atoms with E-state index in [4.69, 9.17) is 16.3 Å². The van der Waals surface area contributed by atoms with Gasteiger partial charge in [0.15, 0.2) is 0 Å². The summed E-state index contributed by atoms with van der Waals surface area (Å²) in [6, 6.07) is 6.59. The highest BCUT2D eigenvalue weighted by molar-refractivity contribution is 6.30. The maximum atomic E-state index is 11.8. The molecule has 0 heterocycles. The Morgan fingerprint density at radius 1 is 1.35 bits per heavy atom. The molecule has 0 saturated carbocycles. The van der Waals surface area contributed by atoms with Crippen LogP contribution in [0.2, 0.25) is 5.02 Å². The first-order valence-electron chi connectivity index (χ1n) is 6.01. The van der Waals surface area contributed by atoms with Crippen LogP contribution in [0.5, 0.6) is 0 Å². The standard InChI is InChI=1S/C14H17ClN2O3/c1-10(2)13(18)20-9-8-16-14(19)17(3)12-6-4-11(15)5-7-12/h4-7H,1,8-9H2,2-3H3,(H,16,19). The first kappa shape index (κ1) is 16.0. The Balaban J connectivity index is 2.37. The molecule has 0 atom stereocenters. The van der Waals surface area contributed by atoms with E-state index in [-0.39, 0.29) is 19.2 Å². The van der Waals surface area contributed by atoms with E-state index in [0.717, 1.165) is 0 Å². The highest BCUT2D eigenvalue weighted by Crippen LogP contribution is 2.16. The molecule has 1 N–H and O–H groups in total. The SMILES string of the molecule is C=C(C)C(=O)OCCNC(=O)N(C)c1ccc(Cl)cc1. The van der Waals surface area contributed by atoms with Crippen molar-refractivity contribution in [2.45, 2.75) is 6.92 Å². The van der Waals surface area contributed by atoms with E-state index in [1.165, 1.54) is 4.90 Å². The first-order chi connectivity index (χ1) is 9.41. The predicted molar refractivity (Wildman–Crippen MR) is 79.0 cm³/mol. The number of anilines is 1. The molecule has 0 aliphatic rings. The number of hydrogen-bond acceptors (Lipinski definition) is 3. The van der Waals surface area contributed by atoms with E-state index in [1.54, 1.807) is 38.2 Å². The van der Waals surface area contributed by atoms with Crippen LogP contribution >= 0.6 is 11.6 Å². The molecule has 0 saturated heterocycles. The van der Waals surface area contributed by atoms with Crippen LogP contribution in [0.25, 0.3) is 0 Å². The molecule has 6 heteroatoms. The van der Waals surface area contributed by atoms with Crippen molar-refractivity contribution in [2.24, 2.45) is 0 Å². The Hall–Kier alpha value is -2.01. The number of halogens is 1. The van der Waals surface area contributed by atoms with Crippen molar-refractivity contribution in [3.05, 3.63) is 41.4 Å². The fourth-order valence-corrected chi connectivity index (χ4v) is 1.45. The minimum Gasteiger partial charge on any atom is -0.460 e. The third kappa shape index (κ3) is 4.93. The average molecular weight is 297 g/mol. The number of carbonyl (C=O) groups excluding carboxylic acids is 2. The van der Waals surface area contributed by atoms with Gasteiger partial charge in [-0.15, -0.1) is 0 Å². The summed E-state index contributed by atoms with van der Waals surface area (Å²) in [5.74, 6) is -0.467. The number of carbonyl (C=O) groups is 2. The van der Waals surface area contributed by atoms with Crippen molar-refractivity contribution in [1.29, 1.82) is 0 Å². The number of rotatable bonds is 5. The summed E-state index contributed by atoms with van der Waals surface area (Å²) in [5, 5.41) is 3.24. The van der Waals surface area contributed by atoms with Gasteiger partial charge in [0.05, 0.1) is 6.54 Å². The molecule has 1 aromatic rings. The van der Waals surface area contributed by atoms with E-state index >= 15 is 0 Å². The van der Waals surface area contributed by atoms with Crippen molar-refractivity contribution < 1.29 is 14.3 Å². The predicted octanol–water partition coefficient (Wildman–Crippen LogP) is 2.61. The summed E-state index contributed by atoms with van der Waals surface area (Å²) in [5.41, 5.74) is 1.04. The Labute approximate surface area is 123 Å². The van der Waals surface area contributed by atoms with Crippen LogP contribution in [0.1, 0.15) is 6.92 Å². The first-order valence-corrected chi connectivity index (χ1v) is 6.39. The van der Waals surface area contributed by atoms with Gasteiger partial charge in [0.1, 0.15) is 6.61 Å². The fourth-order valence-electron chi connectivity index (χ4n) is 1.33. The molecule has 0 bridgehead atoms. The minimum atomic E-state index is -0.467. The molecular weight excluding hydrogens is 280 g/mol. The number of benzene rings is 1. The van der Waals surface area contributed by atoms with Crippen molar-refractivity contribution in [1.82, 2.24) is 5.32 Å². The number of ether oxygens (including phenoxy) is 1. The fraction of sp³-hybridized carbons (Fsp3) is 0.286. The van der Waals surface area contributed by atoms with E-state index in [2.05, 4.69) is 11.9 Å². The van der Waals surface area contributed by atoms with Crippen LogP contribution in [0.15, 0.2) is 36.4 Å². The normalized spacial score (nSPS) is 9.75. The lowest BCUT2D eigenvalue weighted by Gasteiger charge is -2.18. The second-order valence-electron chi connectivity index (χ2n) is 4.18. The molecule has 1 rings (SSSR count). The van der Waals surface area contributed by atoms with Crippen LogP contribution in [0, 0.1) is 0 Å². The molecule has 0 spiro atoms. The molecule has 5 nitrogen and oxygen atoms in total. The van der Waals surface area contributed by atoms with Gasteiger partial charge >= 0.3 is 12.0 Å². The molecule has 0 aliphatic heterocycles. The van der Waals surface area contributed by atoms with E-state index in [1.807, 2.05) is 0 Å². The number of amides is 2. The molecule has 0 unspecified atom stereocenters. The summed E-state index contributed by atoms with van der Waals surface area (Å²) < 4.78 is 4.87. The van der Waals surface area contributed by atoms with Gasteiger partial charge in [-0.2, -0.15) is 0 Å². The number of esters is 1. The van der Waals surface area contributed by atoms with Gasteiger partial charge in [0, 0.05) is 23.3 Å². The molecule has 108 valence electrons. The second kappa shape index (κ2) is 7.55. The van der Waals surface area contributed by atoms with Crippen molar-refractivity contribution in [3.8, 4) is 0 Å². The highest BCUT2D eigenvalue weighted by Gasteiger charge is 2.10. The van der Waals surface area contributed by atoms with Gasteiger partial charge in [0.2, 0.25) is 0 Å². The average Bonchev–Trinajstić information content (AvgIpc) is 2.43. The van der Waals surface area contributed by atoms with E-state index in [0.29, 0.717) is 16.3 Å². The maximum absolute atomic E-state index is 11.8. The molecule has 0 aromatic heterocycles. The monoisotopic (exact) mass is 296 g/mol. The third-order valence-electron chi connectivity index (χ3n) is 2.48. The van der Waals surface area contributed by atoms with Crippen LogP contribution in [0.3, 0.4) is 0 Å². The quantitative estimate of drug-likeness (QED) is 0.516. The molecule has 0 radical (unpaired) electrons. The molecule has 1 aromatic carbocycles. The summed E-state index contributed by atoms with van der Waals surface area (Å²) in [6.07, 6.45) is 0. The highest BCUT2D eigenvalue weighted by atomic mass is 35.5. The smallest absolute Gasteiger partial charge is 0.333 e. The molecule has 0 aliphatic carbocycles. The second-order valence-corrected chi connectivity index (χ2v) is 4.62. The summed E-state index contributed by atoms with van der Waals surface area (Å²) in [7, 11) is 1.64. The largest absolute Gasteiger partial charge is 0.460 e. The lowest BCUT2D eigenvalue weighted by molar-refractivity contribution is -0.138. The number of nitrogens with one attached hydrogen (secondary N) is 1. The van der Waals surface area contributed by atoms with Gasteiger partial charge < -0.3 is 10.1 Å². The van der Waals surface area contributed by atoms with Crippen molar-refractivity contribution >= 4 is 29.3 Å². The zero-order valence-electron chi connectivity index (χ0n) is 11.5. The van der Waals surface area contributed by atoms with Gasteiger partial charge in [-0.1, -0.05) is 18.2 Å². The summed E-state index contributed by atoms with van der Waals surface area (Å²) >= 11 is 5.78. The number of hydrogen-bond donors (Lipinski definition) is 1. The summed E-state index contributed by atoms with van der Waals surface area (Å²) in [6.45, 7) is 5.36. The number of urea groups is 1. The molecule has 2 amide bonds. The van der Waals surface area contributed by atoms with E-state index < -0.39 is 5.97 Å². The molecular formula is C14H17ClN2O3. The molecule has 0 fully saturated rings. The van der Waals surface area contributed by atoms with Gasteiger partial charge in [-0.05, 0) is 31.2 Å². The summed E-state index contributed by atoms with van der Waals surface area (Å²) in [4.78, 5) is 24.4. The third-order valence-corrected chi connectivity index (χ3v) is 2.73. The zero-order valence-corrected chi connectivity index (χ0v) is 12.2. The van der Waals surface area contributed by atoms with Gasteiger partial charge in [-0.3, -0.25) is 4.90 Å². The minimum absolute atomic E-state index is 0.103. The van der Waals surface area contributed by atoms with Crippen LogP contribution < -0.4 is 10.2 Å². The number of nitrogens with zero attached hydrogens (tertiary/aromatic N) is 1. The maximum Gasteiger partial charge on any atom is 0.333 e. The van der Waals surface area contributed by atoms with Gasteiger partial charge in [-0.25, -0.2) is 9.59 Å².